The summed E-state index contributed by atoms with van der Waals surface area (Å²) in [5.41, 5.74) is 0. The zero-order chi connectivity index (χ0) is 43.6. The molecule has 7 atom stereocenters. The van der Waals surface area contributed by atoms with Crippen molar-refractivity contribution in [1.82, 2.24) is 40.9 Å². The van der Waals surface area contributed by atoms with Gasteiger partial charge in [0.15, 0.2) is 5.37 Å². The Kier molecular flexibility index (Phi) is 23.4. The molecule has 1 aliphatic heterocycles. The van der Waals surface area contributed by atoms with Crippen LogP contribution in [0.1, 0.15) is 94.4 Å². The van der Waals surface area contributed by atoms with Crippen LogP contribution in [0.4, 0.5) is 0 Å². The second-order valence-electron chi connectivity index (χ2n) is 16.0. The number of nitrogens with zero attached hydrogens (tertiary/aromatic N) is 4. The van der Waals surface area contributed by atoms with Crippen LogP contribution in [-0.4, -0.2) is 163 Å². The van der Waals surface area contributed by atoms with Crippen LogP contribution in [0, 0.1) is 17.8 Å². The van der Waals surface area contributed by atoms with Crippen molar-refractivity contribution in [3.63, 3.8) is 0 Å². The van der Waals surface area contributed by atoms with Gasteiger partial charge in [-0.1, -0.05) is 54.9 Å². The van der Waals surface area contributed by atoms with Crippen molar-refractivity contribution in [3.05, 3.63) is 0 Å². The molecule has 1 heterocycles. The van der Waals surface area contributed by atoms with Crippen LogP contribution in [0.25, 0.3) is 0 Å². The predicted octanol–water partition coefficient (Wildman–Crippen LogP) is 1.67. The first-order valence-corrected chi connectivity index (χ1v) is 21.6. The first kappa shape index (κ1) is 51.6. The third kappa shape index (κ3) is 16.4. The zero-order valence-electron chi connectivity index (χ0n) is 36.9. The highest BCUT2D eigenvalue weighted by Gasteiger charge is 2.40. The van der Waals surface area contributed by atoms with Gasteiger partial charge in [0.05, 0.1) is 13.2 Å². The number of carbonyl (C=O) groups excluding carboxylic acids is 7. The second kappa shape index (κ2) is 25.8. The molecule has 1 saturated heterocycles. The van der Waals surface area contributed by atoms with Gasteiger partial charge in [0, 0.05) is 47.7 Å². The number of hydrogen-bond donors (Lipinski definition) is 4. The molecule has 0 saturated carbocycles. The number of ether oxygens (including phenoxy) is 1. The number of likely N-dealkylation sites (N-methyl/N-ethyl adjacent to an activating group) is 4. The van der Waals surface area contributed by atoms with Crippen LogP contribution in [0.5, 0.6) is 0 Å². The highest BCUT2D eigenvalue weighted by molar-refractivity contribution is 8.00. The summed E-state index contributed by atoms with van der Waals surface area (Å²) in [6.45, 7) is 20.1. The van der Waals surface area contributed by atoms with Gasteiger partial charge in [-0.05, 0) is 63.2 Å². The summed E-state index contributed by atoms with van der Waals surface area (Å²) in [6, 6.07) is -4.81. The van der Waals surface area contributed by atoms with Gasteiger partial charge in [-0.2, -0.15) is 0 Å². The maximum atomic E-state index is 14.4. The van der Waals surface area contributed by atoms with Crippen LogP contribution in [0.2, 0.25) is 0 Å². The van der Waals surface area contributed by atoms with Gasteiger partial charge in [-0.3, -0.25) is 38.5 Å². The highest BCUT2D eigenvalue weighted by atomic mass is 32.2. The Morgan fingerprint density at radius 1 is 0.737 bits per heavy atom. The molecule has 1 fully saturated rings. The zero-order valence-corrected chi connectivity index (χ0v) is 37.8. The van der Waals surface area contributed by atoms with E-state index in [1.54, 1.807) is 27.9 Å². The quantitative estimate of drug-likeness (QED) is 0.0824. The van der Waals surface area contributed by atoms with Gasteiger partial charge >= 0.3 is 0 Å². The standard InChI is InChI=1S/C40H74N8O8S/c1-14-17-31(49)46(12)40(57-23-16-18-48-19-21-56-22-20-48)39(55)47(13)33(27(7)15-2)37(53)44-32(26(5)6)38(54)45(11)30(24-25(3)4)36(52)43-29(9)35(51)42-28(8)34(50)41-10/h25-30,32-33,40H,14-24H2,1-13H3,(H,41,50)(H,42,51)(H,43,52)(H,44,53)/t27?,28-,29-,30+,32+,33+,40-/m1/s1. The first-order chi connectivity index (χ1) is 26.7. The summed E-state index contributed by atoms with van der Waals surface area (Å²) in [6.07, 6.45) is 2.57. The molecule has 0 bridgehead atoms. The minimum absolute atomic E-state index is 0.0116. The number of amides is 7. The Morgan fingerprint density at radius 3 is 1.84 bits per heavy atom. The normalized spacial score (nSPS) is 17.0. The van der Waals surface area contributed by atoms with Gasteiger partial charge in [-0.15, -0.1) is 11.8 Å². The average Bonchev–Trinajstić information content (AvgIpc) is 3.17. The van der Waals surface area contributed by atoms with Crippen LogP contribution < -0.4 is 21.3 Å². The van der Waals surface area contributed by atoms with E-state index in [0.29, 0.717) is 31.8 Å². The van der Waals surface area contributed by atoms with Gasteiger partial charge in [0.1, 0.15) is 30.2 Å². The number of morpholine rings is 1. The Hall–Kier alpha value is -3.44. The summed E-state index contributed by atoms with van der Waals surface area (Å²) in [7, 11) is 6.16. The van der Waals surface area contributed by atoms with Crippen LogP contribution >= 0.6 is 11.8 Å². The van der Waals surface area contributed by atoms with Crippen LogP contribution in [0.15, 0.2) is 0 Å². The van der Waals surface area contributed by atoms with Crippen molar-refractivity contribution < 1.29 is 38.3 Å². The fraction of sp³-hybridized carbons (Fsp3) is 0.825. The lowest BCUT2D eigenvalue weighted by atomic mass is 9.94. The smallest absolute Gasteiger partial charge is 0.256 e. The lowest BCUT2D eigenvalue weighted by molar-refractivity contribution is -0.148. The van der Waals surface area contributed by atoms with E-state index in [2.05, 4.69) is 26.2 Å². The Balaban J connectivity index is 3.30. The van der Waals surface area contributed by atoms with E-state index >= 15 is 0 Å². The van der Waals surface area contributed by atoms with Crippen molar-refractivity contribution in [2.24, 2.45) is 17.8 Å². The summed E-state index contributed by atoms with van der Waals surface area (Å²) in [4.78, 5) is 101. The average molecular weight is 827 g/mol. The molecule has 0 spiro atoms. The summed E-state index contributed by atoms with van der Waals surface area (Å²) >= 11 is 1.39. The second-order valence-corrected chi connectivity index (χ2v) is 17.2. The molecule has 1 unspecified atom stereocenters. The van der Waals surface area contributed by atoms with Crippen LogP contribution in [0.3, 0.4) is 0 Å². The molecule has 4 N–H and O–H groups in total. The van der Waals surface area contributed by atoms with Gasteiger partial charge in [-0.25, -0.2) is 0 Å². The molecule has 328 valence electrons. The minimum Gasteiger partial charge on any atom is -0.379 e. The van der Waals surface area contributed by atoms with Crippen molar-refractivity contribution in [3.8, 4) is 0 Å². The SMILES string of the molecule is CCCC(=O)N(C)[C@H](SCCCN1CCOCC1)C(=O)N(C)[C@H](C(=O)N[C@H](C(=O)N(C)[C@@H](CC(C)C)C(=O)N[C@H](C)C(=O)N[C@H](C)C(=O)NC)C(C)C)C(C)CC. The number of hydrogen-bond acceptors (Lipinski definition) is 10. The Morgan fingerprint density at radius 2 is 1.32 bits per heavy atom. The van der Waals surface area contributed by atoms with E-state index in [4.69, 9.17) is 4.74 Å². The van der Waals surface area contributed by atoms with E-state index in [0.717, 1.165) is 26.1 Å². The van der Waals surface area contributed by atoms with Gasteiger partial charge < -0.3 is 40.7 Å². The molecule has 0 aliphatic carbocycles. The third-order valence-corrected chi connectivity index (χ3v) is 11.8. The molecule has 57 heavy (non-hydrogen) atoms. The van der Waals surface area contributed by atoms with Crippen molar-refractivity contribution in [2.75, 3.05) is 66.8 Å². The Bertz CT molecular complexity index is 1330. The number of rotatable bonds is 24. The molecule has 0 radical (unpaired) electrons. The lowest BCUT2D eigenvalue weighted by Crippen LogP contribution is -2.61. The predicted molar refractivity (Wildman–Crippen MR) is 224 cm³/mol. The lowest BCUT2D eigenvalue weighted by Gasteiger charge is -2.38. The van der Waals surface area contributed by atoms with Crippen LogP contribution in [-0.2, 0) is 38.3 Å². The maximum Gasteiger partial charge on any atom is 0.256 e. The monoisotopic (exact) mass is 827 g/mol. The molecule has 0 aromatic heterocycles. The largest absolute Gasteiger partial charge is 0.379 e. The summed E-state index contributed by atoms with van der Waals surface area (Å²) < 4.78 is 5.45. The number of carbonyl (C=O) groups is 7. The fourth-order valence-corrected chi connectivity index (χ4v) is 7.71. The van der Waals surface area contributed by atoms with E-state index in [1.807, 2.05) is 34.6 Å². The molecule has 1 aliphatic rings. The van der Waals surface area contributed by atoms with Gasteiger partial charge in [0.2, 0.25) is 35.4 Å². The maximum absolute atomic E-state index is 14.4. The van der Waals surface area contributed by atoms with Gasteiger partial charge in [0.25, 0.3) is 5.91 Å². The topological polar surface area (TPSA) is 190 Å². The molecular weight excluding hydrogens is 753 g/mol. The highest BCUT2D eigenvalue weighted by Crippen LogP contribution is 2.24. The molecule has 1 rings (SSSR count). The Labute approximate surface area is 346 Å². The molecule has 0 aromatic carbocycles. The third-order valence-electron chi connectivity index (χ3n) is 10.4. The van der Waals surface area contributed by atoms with Crippen molar-refractivity contribution >= 4 is 53.1 Å². The van der Waals surface area contributed by atoms with E-state index < -0.39 is 65.1 Å². The molecular formula is C40H74N8O8S. The minimum atomic E-state index is -1.05. The first-order valence-electron chi connectivity index (χ1n) is 20.6. The summed E-state index contributed by atoms with van der Waals surface area (Å²) in [5, 5.41) is 9.79. The number of thioether (sulfide) groups is 1. The van der Waals surface area contributed by atoms with Crippen molar-refractivity contribution in [1.29, 1.82) is 0 Å². The van der Waals surface area contributed by atoms with Crippen molar-refractivity contribution in [2.45, 2.75) is 130 Å². The molecule has 0 aromatic rings. The molecule has 17 heteroatoms. The summed E-state index contributed by atoms with van der Waals surface area (Å²) in [5.74, 6) is -3.13. The number of nitrogens with one attached hydrogen (secondary N) is 4. The van der Waals surface area contributed by atoms with E-state index in [9.17, 15) is 33.6 Å². The van der Waals surface area contributed by atoms with E-state index in [1.165, 1.54) is 54.4 Å². The fourth-order valence-electron chi connectivity index (χ4n) is 6.54. The molecule has 16 nitrogen and oxygen atoms in total. The van der Waals surface area contributed by atoms with E-state index in [-0.39, 0.29) is 42.4 Å². The molecule has 7 amide bonds.